The van der Waals surface area contributed by atoms with Crippen molar-refractivity contribution < 1.29 is 0 Å². The molecule has 8 aromatic carbocycles. The van der Waals surface area contributed by atoms with Crippen LogP contribution in [-0.2, 0) is 0 Å². The minimum atomic E-state index is 0.645. The predicted molar refractivity (Wildman–Crippen MR) is 238 cm³/mol. The Morgan fingerprint density at radius 2 is 0.772 bits per heavy atom. The Morgan fingerprint density at radius 3 is 1.44 bits per heavy atom. The number of nitrogens with zero attached hydrogens (tertiary/aromatic N) is 4. The van der Waals surface area contributed by atoms with E-state index in [9.17, 15) is 0 Å². The molecular weight excluding hydrogens is 713 g/mol. The Labute approximate surface area is 333 Å². The van der Waals surface area contributed by atoms with Gasteiger partial charge < -0.3 is 0 Å². The largest absolute Gasteiger partial charge is 0.247 e. The molecule has 0 radical (unpaired) electrons. The lowest BCUT2D eigenvalue weighted by Crippen LogP contribution is -2.00. The summed E-state index contributed by atoms with van der Waals surface area (Å²) < 4.78 is 2.56. The summed E-state index contributed by atoms with van der Waals surface area (Å²) >= 11 is 1.85. The van der Waals surface area contributed by atoms with Crippen LogP contribution in [0.3, 0.4) is 0 Å². The highest BCUT2D eigenvalue weighted by molar-refractivity contribution is 7.26. The van der Waals surface area contributed by atoms with Crippen molar-refractivity contribution in [2.45, 2.75) is 0 Å². The molecular formula is C52H32N4S. The Bertz CT molecular complexity index is 3210. The summed E-state index contributed by atoms with van der Waals surface area (Å²) in [6.45, 7) is 0. The second-order valence-electron chi connectivity index (χ2n) is 14.2. The fourth-order valence-electron chi connectivity index (χ4n) is 7.93. The van der Waals surface area contributed by atoms with Gasteiger partial charge in [-0.05, 0) is 52.6 Å². The zero-order valence-corrected chi connectivity index (χ0v) is 31.5. The maximum atomic E-state index is 5.20. The van der Waals surface area contributed by atoms with Gasteiger partial charge in [0, 0.05) is 58.6 Å². The summed E-state index contributed by atoms with van der Waals surface area (Å²) in [7, 11) is 0. The molecule has 0 unspecified atom stereocenters. The van der Waals surface area contributed by atoms with E-state index >= 15 is 0 Å². The number of hydrogen-bond acceptors (Lipinski definition) is 5. The van der Waals surface area contributed by atoms with Crippen molar-refractivity contribution in [2.24, 2.45) is 0 Å². The van der Waals surface area contributed by atoms with Gasteiger partial charge in [-0.1, -0.05) is 164 Å². The lowest BCUT2D eigenvalue weighted by atomic mass is 9.94. The molecule has 3 heterocycles. The molecule has 0 saturated heterocycles. The Hall–Kier alpha value is -7.34. The molecule has 11 rings (SSSR count). The highest BCUT2D eigenvalue weighted by atomic mass is 32.1. The maximum Gasteiger partial charge on any atom is 0.164 e. The van der Waals surface area contributed by atoms with Gasteiger partial charge in [0.15, 0.2) is 17.5 Å². The predicted octanol–water partition coefficient (Wildman–Crippen LogP) is 13.9. The van der Waals surface area contributed by atoms with Crippen LogP contribution >= 0.6 is 11.3 Å². The first-order valence-corrected chi connectivity index (χ1v) is 19.9. The zero-order valence-electron chi connectivity index (χ0n) is 30.7. The van der Waals surface area contributed by atoms with E-state index in [2.05, 4.69) is 133 Å². The SMILES string of the molecule is c1ccc(-c2nc(-c3ccccc3)nc(-c3ccc(-c4cccc(-c5ccc6sc7ccc8c(-c9ccccc9)nc9ccccc9c8c7c6c5)c4)cc3)n2)cc1. The van der Waals surface area contributed by atoms with Crippen LogP contribution in [0.15, 0.2) is 194 Å². The summed E-state index contributed by atoms with van der Waals surface area (Å²) in [6, 6.07) is 68.1. The van der Waals surface area contributed by atoms with Crippen molar-refractivity contribution >= 4 is 53.2 Å². The molecule has 0 amide bonds. The molecule has 4 nitrogen and oxygen atoms in total. The van der Waals surface area contributed by atoms with E-state index in [0.29, 0.717) is 17.5 Å². The van der Waals surface area contributed by atoms with Gasteiger partial charge in [-0.15, -0.1) is 11.3 Å². The number of rotatable bonds is 6. The van der Waals surface area contributed by atoms with Crippen LogP contribution in [-0.4, -0.2) is 19.9 Å². The van der Waals surface area contributed by atoms with Crippen molar-refractivity contribution in [3.05, 3.63) is 194 Å². The van der Waals surface area contributed by atoms with Crippen LogP contribution in [0.5, 0.6) is 0 Å². The molecule has 0 spiro atoms. The standard InChI is InChI=1S/C52H32N4S/c1-4-13-34(14-5-1)49-42-28-30-46-48(47(42)41-21-10-11-22-44(41)53-49)43-32-40(27-29-45(43)57-46)39-20-12-19-38(31-39)33-23-25-37(26-24-33)52-55-50(35-15-6-2-7-16-35)54-51(56-52)36-17-8-3-9-18-36/h1-32H. The van der Waals surface area contributed by atoms with Gasteiger partial charge >= 0.3 is 0 Å². The molecule has 0 bridgehead atoms. The minimum Gasteiger partial charge on any atom is -0.247 e. The first-order valence-electron chi connectivity index (χ1n) is 19.0. The number of pyridine rings is 1. The van der Waals surface area contributed by atoms with E-state index in [1.165, 1.54) is 47.5 Å². The van der Waals surface area contributed by atoms with E-state index in [-0.39, 0.29) is 0 Å². The number of hydrogen-bond donors (Lipinski definition) is 0. The van der Waals surface area contributed by atoms with Crippen LogP contribution in [0.25, 0.3) is 110 Å². The fraction of sp³-hybridized carbons (Fsp3) is 0. The first-order chi connectivity index (χ1) is 28.2. The summed E-state index contributed by atoms with van der Waals surface area (Å²) in [6.07, 6.45) is 0. The lowest BCUT2D eigenvalue weighted by molar-refractivity contribution is 1.07. The van der Waals surface area contributed by atoms with Gasteiger partial charge in [0.05, 0.1) is 11.2 Å². The third-order valence-electron chi connectivity index (χ3n) is 10.7. The van der Waals surface area contributed by atoms with Crippen LogP contribution in [0.1, 0.15) is 0 Å². The molecule has 5 heteroatoms. The average molecular weight is 745 g/mol. The summed E-state index contributed by atoms with van der Waals surface area (Å²) in [5.41, 5.74) is 10.6. The molecule has 0 aliphatic heterocycles. The van der Waals surface area contributed by atoms with Gasteiger partial charge in [0.2, 0.25) is 0 Å². The molecule has 3 aromatic heterocycles. The van der Waals surface area contributed by atoms with E-state index in [1.54, 1.807) is 0 Å². The highest BCUT2D eigenvalue weighted by Gasteiger charge is 2.17. The second-order valence-corrected chi connectivity index (χ2v) is 15.3. The summed E-state index contributed by atoms with van der Waals surface area (Å²) in [5.74, 6) is 1.95. The highest BCUT2D eigenvalue weighted by Crippen LogP contribution is 2.44. The average Bonchev–Trinajstić information content (AvgIpc) is 3.68. The summed E-state index contributed by atoms with van der Waals surface area (Å²) in [4.78, 5) is 19.9. The van der Waals surface area contributed by atoms with E-state index in [1.807, 2.05) is 72.0 Å². The quantitative estimate of drug-likeness (QED) is 0.159. The number of benzene rings is 8. The van der Waals surface area contributed by atoms with E-state index in [0.717, 1.165) is 44.6 Å². The maximum absolute atomic E-state index is 5.20. The Balaban J connectivity index is 0.992. The first kappa shape index (κ1) is 33.0. The second kappa shape index (κ2) is 13.7. The Kier molecular flexibility index (Phi) is 7.97. The molecule has 11 aromatic rings. The Morgan fingerprint density at radius 1 is 0.281 bits per heavy atom. The smallest absolute Gasteiger partial charge is 0.164 e. The van der Waals surface area contributed by atoms with E-state index < -0.39 is 0 Å². The normalized spacial score (nSPS) is 11.5. The van der Waals surface area contributed by atoms with Crippen molar-refractivity contribution in [1.29, 1.82) is 0 Å². The number of fused-ring (bicyclic) bond motifs is 7. The zero-order chi connectivity index (χ0) is 37.7. The summed E-state index contributed by atoms with van der Waals surface area (Å²) in [5, 5.41) is 6.18. The monoisotopic (exact) mass is 744 g/mol. The number of aromatic nitrogens is 4. The van der Waals surface area contributed by atoms with Crippen molar-refractivity contribution in [1.82, 2.24) is 19.9 Å². The lowest BCUT2D eigenvalue weighted by Gasteiger charge is -2.12. The molecule has 0 saturated carbocycles. The van der Waals surface area contributed by atoms with Gasteiger partial charge in [0.25, 0.3) is 0 Å². The molecule has 0 aliphatic rings. The molecule has 57 heavy (non-hydrogen) atoms. The van der Waals surface area contributed by atoms with E-state index in [4.69, 9.17) is 19.9 Å². The molecule has 0 aliphatic carbocycles. The van der Waals surface area contributed by atoms with Gasteiger partial charge in [-0.2, -0.15) is 0 Å². The number of thiophene rings is 1. The van der Waals surface area contributed by atoms with Crippen LogP contribution in [0, 0.1) is 0 Å². The van der Waals surface area contributed by atoms with Crippen molar-refractivity contribution in [3.8, 4) is 67.7 Å². The molecule has 0 N–H and O–H groups in total. The van der Waals surface area contributed by atoms with Crippen molar-refractivity contribution in [3.63, 3.8) is 0 Å². The van der Waals surface area contributed by atoms with Gasteiger partial charge in [-0.3, -0.25) is 0 Å². The van der Waals surface area contributed by atoms with Gasteiger partial charge in [-0.25, -0.2) is 19.9 Å². The van der Waals surface area contributed by atoms with Crippen molar-refractivity contribution in [2.75, 3.05) is 0 Å². The fourth-order valence-corrected chi connectivity index (χ4v) is 9.03. The molecule has 266 valence electrons. The topological polar surface area (TPSA) is 51.6 Å². The minimum absolute atomic E-state index is 0.645. The number of para-hydroxylation sites is 1. The van der Waals surface area contributed by atoms with Crippen LogP contribution in [0.2, 0.25) is 0 Å². The van der Waals surface area contributed by atoms with Crippen LogP contribution < -0.4 is 0 Å². The third kappa shape index (κ3) is 5.93. The van der Waals surface area contributed by atoms with Gasteiger partial charge in [0.1, 0.15) is 0 Å². The van der Waals surface area contributed by atoms with Crippen LogP contribution in [0.4, 0.5) is 0 Å². The molecule has 0 fully saturated rings. The molecule has 0 atom stereocenters. The third-order valence-corrected chi connectivity index (χ3v) is 11.9.